The third-order valence-electron chi connectivity index (χ3n) is 6.31. The number of hydrogen-bond acceptors (Lipinski definition) is 7. The van der Waals surface area contributed by atoms with Crippen molar-refractivity contribution < 1.29 is 27.4 Å². The summed E-state index contributed by atoms with van der Waals surface area (Å²) in [6.07, 6.45) is 2.91. The van der Waals surface area contributed by atoms with Crippen molar-refractivity contribution in [1.82, 2.24) is 9.62 Å². The molecule has 3 fully saturated rings. The van der Waals surface area contributed by atoms with Crippen LogP contribution in [0.2, 0.25) is 0 Å². The highest BCUT2D eigenvalue weighted by Gasteiger charge is 2.55. The molecule has 1 aliphatic carbocycles. The molecule has 0 atom stereocenters. The Kier molecular flexibility index (Phi) is 5.78. The molecule has 1 amide bonds. The minimum Gasteiger partial charge on any atom is -0.379 e. The van der Waals surface area contributed by atoms with Crippen LogP contribution in [0.3, 0.4) is 0 Å². The molecular weight excluding hydrogens is 422 g/mol. The summed E-state index contributed by atoms with van der Waals surface area (Å²) in [5.74, 6) is -1.29. The number of benzene rings is 1. The van der Waals surface area contributed by atoms with Gasteiger partial charge in [-0.05, 0) is 43.4 Å². The Morgan fingerprint density at radius 3 is 2.55 bits per heavy atom. The van der Waals surface area contributed by atoms with Crippen molar-refractivity contribution in [1.29, 1.82) is 0 Å². The molecule has 0 unspecified atom stereocenters. The van der Waals surface area contributed by atoms with Gasteiger partial charge in [0, 0.05) is 38.3 Å². The van der Waals surface area contributed by atoms with Crippen LogP contribution in [-0.4, -0.2) is 78.4 Å². The number of ether oxygens (including phenoxy) is 3. The molecule has 0 radical (unpaired) electrons. The first-order valence-electron chi connectivity index (χ1n) is 11.0. The first-order valence-corrected chi connectivity index (χ1v) is 12.5. The van der Waals surface area contributed by atoms with Crippen LogP contribution < -0.4 is 9.62 Å². The second-order valence-electron chi connectivity index (χ2n) is 8.56. The Morgan fingerprint density at radius 2 is 1.84 bits per heavy atom. The number of amides is 1. The van der Waals surface area contributed by atoms with Crippen molar-refractivity contribution >= 4 is 21.6 Å². The van der Waals surface area contributed by atoms with Gasteiger partial charge in [0.1, 0.15) is 0 Å². The fourth-order valence-electron chi connectivity index (χ4n) is 4.38. The Hall–Kier alpha value is -1.56. The Labute approximate surface area is 182 Å². The first kappa shape index (κ1) is 21.3. The zero-order valence-electron chi connectivity index (χ0n) is 17.5. The monoisotopic (exact) mass is 451 g/mol. The Balaban J connectivity index is 1.38. The first-order chi connectivity index (χ1) is 15.0. The maximum Gasteiger partial charge on any atom is 0.292 e. The molecule has 170 valence electrons. The van der Waals surface area contributed by atoms with Crippen LogP contribution in [0.5, 0.6) is 0 Å². The molecule has 9 nitrogen and oxygen atoms in total. The number of carbonyl (C=O) groups is 1. The van der Waals surface area contributed by atoms with E-state index in [1.807, 2.05) is 0 Å². The average Bonchev–Trinajstić information content (AvgIpc) is 3.59. The van der Waals surface area contributed by atoms with E-state index in [2.05, 4.69) is 9.62 Å². The summed E-state index contributed by atoms with van der Waals surface area (Å²) in [6, 6.07) is 4.82. The smallest absolute Gasteiger partial charge is 0.292 e. The fraction of sp³-hybridized carbons (Fsp3) is 0.667. The van der Waals surface area contributed by atoms with Gasteiger partial charge in [0.05, 0.1) is 37.0 Å². The van der Waals surface area contributed by atoms with Crippen molar-refractivity contribution in [3.05, 3.63) is 23.8 Å². The number of morpholine rings is 1. The van der Waals surface area contributed by atoms with Crippen LogP contribution in [0.25, 0.3) is 0 Å². The highest BCUT2D eigenvalue weighted by Crippen LogP contribution is 2.47. The second-order valence-corrected chi connectivity index (χ2v) is 10.3. The van der Waals surface area contributed by atoms with E-state index in [1.54, 1.807) is 23.1 Å². The molecule has 1 spiro atoms. The van der Waals surface area contributed by atoms with Crippen LogP contribution >= 0.6 is 0 Å². The average molecular weight is 452 g/mol. The van der Waals surface area contributed by atoms with Crippen molar-refractivity contribution in [2.24, 2.45) is 5.92 Å². The number of hydrogen-bond donors (Lipinski definition) is 1. The Morgan fingerprint density at radius 1 is 1.10 bits per heavy atom. The fourth-order valence-corrected chi connectivity index (χ4v) is 5.43. The molecule has 10 heteroatoms. The molecule has 4 aliphatic rings. The highest BCUT2D eigenvalue weighted by atomic mass is 32.2. The van der Waals surface area contributed by atoms with Crippen LogP contribution in [0.4, 0.5) is 5.69 Å². The van der Waals surface area contributed by atoms with Gasteiger partial charge in [0.2, 0.25) is 10.0 Å². The topological polar surface area (TPSA) is 97.4 Å². The summed E-state index contributed by atoms with van der Waals surface area (Å²) in [7, 11) is -3.73. The Bertz CT molecular complexity index is 936. The van der Waals surface area contributed by atoms with E-state index >= 15 is 0 Å². The van der Waals surface area contributed by atoms with Gasteiger partial charge in [-0.15, -0.1) is 0 Å². The lowest BCUT2D eigenvalue weighted by atomic mass is 10.1. The second kappa shape index (κ2) is 8.42. The van der Waals surface area contributed by atoms with E-state index in [1.165, 1.54) is 0 Å². The zero-order valence-corrected chi connectivity index (χ0v) is 18.4. The highest BCUT2D eigenvalue weighted by molar-refractivity contribution is 7.89. The van der Waals surface area contributed by atoms with Gasteiger partial charge in [-0.25, -0.2) is 13.1 Å². The summed E-state index contributed by atoms with van der Waals surface area (Å²) < 4.78 is 45.7. The molecule has 1 N–H and O–H groups in total. The predicted octanol–water partition coefficient (Wildman–Crippen LogP) is 0.643. The third-order valence-corrected chi connectivity index (χ3v) is 7.77. The summed E-state index contributed by atoms with van der Waals surface area (Å²) in [6.45, 7) is 5.30. The molecule has 1 aromatic carbocycles. The number of fused-ring (bicyclic) bond motifs is 2. The van der Waals surface area contributed by atoms with Gasteiger partial charge in [-0.2, -0.15) is 0 Å². The lowest BCUT2D eigenvalue weighted by Gasteiger charge is -2.32. The summed E-state index contributed by atoms with van der Waals surface area (Å²) in [4.78, 5) is 17.3. The number of carbonyl (C=O) groups excluding carboxylic acids is 1. The van der Waals surface area contributed by atoms with Gasteiger partial charge >= 0.3 is 0 Å². The normalized spacial score (nSPS) is 24.0. The molecule has 1 aromatic rings. The van der Waals surface area contributed by atoms with E-state index < -0.39 is 15.8 Å². The minimum atomic E-state index is -3.73. The predicted molar refractivity (Wildman–Crippen MR) is 112 cm³/mol. The molecule has 1 saturated carbocycles. The van der Waals surface area contributed by atoms with E-state index in [0.29, 0.717) is 69.7 Å². The molecule has 5 rings (SSSR count). The van der Waals surface area contributed by atoms with Crippen molar-refractivity contribution in [2.75, 3.05) is 64.1 Å². The number of nitrogens with zero attached hydrogens (tertiary/aromatic N) is 2. The van der Waals surface area contributed by atoms with Gasteiger partial charge in [-0.1, -0.05) is 0 Å². The van der Waals surface area contributed by atoms with Crippen molar-refractivity contribution in [2.45, 2.75) is 29.9 Å². The summed E-state index contributed by atoms with van der Waals surface area (Å²) in [5, 5.41) is 0. The van der Waals surface area contributed by atoms with E-state index in [4.69, 9.17) is 14.2 Å². The largest absolute Gasteiger partial charge is 0.379 e. The molecule has 31 heavy (non-hydrogen) atoms. The number of nitrogens with one attached hydrogen (secondary N) is 1. The summed E-state index contributed by atoms with van der Waals surface area (Å²) in [5.41, 5.74) is 1.18. The van der Waals surface area contributed by atoms with Crippen LogP contribution in [-0.2, 0) is 34.8 Å². The zero-order chi connectivity index (χ0) is 21.5. The molecule has 2 saturated heterocycles. The quantitative estimate of drug-likeness (QED) is 0.650. The van der Waals surface area contributed by atoms with Gasteiger partial charge < -0.3 is 19.1 Å². The molecule has 0 aromatic heterocycles. The van der Waals surface area contributed by atoms with Crippen LogP contribution in [0, 0.1) is 5.92 Å². The third kappa shape index (κ3) is 4.12. The maximum absolute atomic E-state index is 13.3. The van der Waals surface area contributed by atoms with Crippen LogP contribution in [0.15, 0.2) is 23.1 Å². The number of sulfonamides is 1. The van der Waals surface area contributed by atoms with Gasteiger partial charge in [0.25, 0.3) is 11.7 Å². The number of rotatable bonds is 7. The summed E-state index contributed by atoms with van der Waals surface area (Å²) >= 11 is 0. The van der Waals surface area contributed by atoms with E-state index in [0.717, 1.165) is 25.9 Å². The SMILES string of the molecule is O=C1N(CC2CC2)c2ccc(S(=O)(=O)NCCN3CCOCC3)cc2C12OCCCO2. The van der Waals surface area contributed by atoms with Crippen LogP contribution in [0.1, 0.15) is 24.8 Å². The van der Waals surface area contributed by atoms with Gasteiger partial charge in [0.15, 0.2) is 0 Å². The van der Waals surface area contributed by atoms with Gasteiger partial charge in [-0.3, -0.25) is 9.69 Å². The maximum atomic E-state index is 13.3. The van der Waals surface area contributed by atoms with E-state index in [9.17, 15) is 13.2 Å². The lowest BCUT2D eigenvalue weighted by molar-refractivity contribution is -0.256. The van der Waals surface area contributed by atoms with E-state index in [-0.39, 0.29) is 10.8 Å². The molecular formula is C21H29N3O6S. The van der Waals surface area contributed by atoms with Crippen molar-refractivity contribution in [3.8, 4) is 0 Å². The molecule has 3 aliphatic heterocycles. The van der Waals surface area contributed by atoms with Crippen molar-refractivity contribution in [3.63, 3.8) is 0 Å². The molecule has 0 bridgehead atoms. The lowest BCUT2D eigenvalue weighted by Crippen LogP contribution is -2.47. The number of anilines is 1. The minimum absolute atomic E-state index is 0.117. The standard InChI is InChI=1S/C21H29N3O6S/c25-20-21(29-10-1-11-30-21)18-14-17(4-5-19(18)24(20)15-16-2-3-16)31(26,27)22-6-7-23-8-12-28-13-9-23/h4-5,14,16,22H,1-3,6-13,15H2. The molecule has 3 heterocycles.